The number of non-ortho nitro benzene ring substituents is 1. The first kappa shape index (κ1) is 21.4. The number of carbonyl (C=O) groups excluding carboxylic acids is 2. The Kier molecular flexibility index (Phi) is 6.90. The van der Waals surface area contributed by atoms with Crippen molar-refractivity contribution in [1.82, 2.24) is 10.6 Å². The van der Waals surface area contributed by atoms with Crippen molar-refractivity contribution in [2.75, 3.05) is 0 Å². The third-order valence-corrected chi connectivity index (χ3v) is 4.59. The molecule has 1 unspecified atom stereocenters. The summed E-state index contributed by atoms with van der Waals surface area (Å²) < 4.78 is 0. The fourth-order valence-corrected chi connectivity index (χ4v) is 2.90. The zero-order valence-electron chi connectivity index (χ0n) is 16.8. The van der Waals surface area contributed by atoms with Crippen molar-refractivity contribution in [3.63, 3.8) is 0 Å². The molecule has 0 heterocycles. The second-order valence-electron chi connectivity index (χ2n) is 6.83. The summed E-state index contributed by atoms with van der Waals surface area (Å²) in [5.74, 6) is -0.907. The number of nitro groups is 1. The summed E-state index contributed by atoms with van der Waals surface area (Å²) in [6, 6.07) is 23.4. The van der Waals surface area contributed by atoms with E-state index >= 15 is 0 Å². The van der Waals surface area contributed by atoms with E-state index in [1.54, 1.807) is 30.3 Å². The van der Waals surface area contributed by atoms with Crippen LogP contribution in [-0.2, 0) is 4.79 Å². The van der Waals surface area contributed by atoms with Gasteiger partial charge in [-0.3, -0.25) is 19.7 Å². The number of amides is 2. The first-order valence-electron chi connectivity index (χ1n) is 9.62. The molecule has 31 heavy (non-hydrogen) atoms. The van der Waals surface area contributed by atoms with Crippen molar-refractivity contribution in [1.29, 1.82) is 0 Å². The highest BCUT2D eigenvalue weighted by atomic mass is 16.6. The molecule has 0 spiro atoms. The van der Waals surface area contributed by atoms with Crippen LogP contribution in [0, 0.1) is 10.1 Å². The maximum absolute atomic E-state index is 13.0. The summed E-state index contributed by atoms with van der Waals surface area (Å²) in [7, 11) is 0. The van der Waals surface area contributed by atoms with Crippen LogP contribution in [0.4, 0.5) is 5.69 Å². The molecule has 3 rings (SSSR count). The number of nitrogens with one attached hydrogen (secondary N) is 2. The average Bonchev–Trinajstić information content (AvgIpc) is 2.80. The van der Waals surface area contributed by atoms with Gasteiger partial charge in [0, 0.05) is 17.7 Å². The number of nitrogens with zero attached hydrogens (tertiary/aromatic N) is 1. The van der Waals surface area contributed by atoms with Crippen LogP contribution in [0.5, 0.6) is 0 Å². The maximum Gasteiger partial charge on any atom is 0.269 e. The summed E-state index contributed by atoms with van der Waals surface area (Å²) in [6.45, 7) is 1.84. The molecule has 0 bridgehead atoms. The highest BCUT2D eigenvalue weighted by molar-refractivity contribution is 6.05. The van der Waals surface area contributed by atoms with Crippen LogP contribution in [0.2, 0.25) is 0 Å². The number of carbonyl (C=O) groups is 2. The minimum atomic E-state index is -0.500. The molecule has 0 saturated carbocycles. The highest BCUT2D eigenvalue weighted by Gasteiger charge is 2.17. The van der Waals surface area contributed by atoms with Crippen molar-refractivity contribution < 1.29 is 14.5 Å². The van der Waals surface area contributed by atoms with Crippen LogP contribution >= 0.6 is 0 Å². The van der Waals surface area contributed by atoms with Gasteiger partial charge in [-0.2, -0.15) is 0 Å². The summed E-state index contributed by atoms with van der Waals surface area (Å²) in [6.07, 6.45) is 1.48. The van der Waals surface area contributed by atoms with Crippen LogP contribution in [0.1, 0.15) is 34.5 Å². The van der Waals surface area contributed by atoms with Gasteiger partial charge in [0.1, 0.15) is 5.70 Å². The van der Waals surface area contributed by atoms with Crippen molar-refractivity contribution in [2.45, 2.75) is 13.0 Å². The largest absolute Gasteiger partial charge is 0.344 e. The number of rotatable bonds is 7. The summed E-state index contributed by atoms with van der Waals surface area (Å²) >= 11 is 0. The Bertz CT molecular complexity index is 1090. The third-order valence-electron chi connectivity index (χ3n) is 4.59. The molecule has 156 valence electrons. The van der Waals surface area contributed by atoms with E-state index in [2.05, 4.69) is 10.6 Å². The lowest BCUT2D eigenvalue weighted by Crippen LogP contribution is -2.36. The molecule has 3 aromatic rings. The normalized spacial score (nSPS) is 12.0. The monoisotopic (exact) mass is 415 g/mol. The highest BCUT2D eigenvalue weighted by Crippen LogP contribution is 2.16. The second kappa shape index (κ2) is 9.98. The molecule has 0 fully saturated rings. The molecule has 1 atom stereocenters. The lowest BCUT2D eigenvalue weighted by atomic mass is 10.1. The van der Waals surface area contributed by atoms with E-state index in [-0.39, 0.29) is 17.4 Å². The van der Waals surface area contributed by atoms with E-state index in [1.165, 1.54) is 30.3 Å². The molecule has 0 aliphatic rings. The molecule has 2 N–H and O–H groups in total. The molecule has 0 aliphatic heterocycles. The van der Waals surface area contributed by atoms with Crippen molar-refractivity contribution in [2.24, 2.45) is 0 Å². The van der Waals surface area contributed by atoms with Gasteiger partial charge in [0.25, 0.3) is 17.5 Å². The first-order chi connectivity index (χ1) is 14.9. The van der Waals surface area contributed by atoms with Gasteiger partial charge in [0.15, 0.2) is 0 Å². The van der Waals surface area contributed by atoms with Gasteiger partial charge in [-0.1, -0.05) is 48.5 Å². The molecule has 2 amide bonds. The van der Waals surface area contributed by atoms with Crippen LogP contribution in [0.25, 0.3) is 6.08 Å². The topological polar surface area (TPSA) is 101 Å². The van der Waals surface area contributed by atoms with E-state index in [4.69, 9.17) is 0 Å². The molecule has 7 heteroatoms. The lowest BCUT2D eigenvalue weighted by Gasteiger charge is -2.17. The van der Waals surface area contributed by atoms with Gasteiger partial charge in [-0.25, -0.2) is 0 Å². The van der Waals surface area contributed by atoms with Crippen molar-refractivity contribution in [3.05, 3.63) is 117 Å². The third kappa shape index (κ3) is 5.86. The number of hydrogen-bond donors (Lipinski definition) is 2. The zero-order chi connectivity index (χ0) is 22.2. The predicted octanol–water partition coefficient (Wildman–Crippen LogP) is 4.24. The Labute approximate surface area is 179 Å². The average molecular weight is 415 g/mol. The van der Waals surface area contributed by atoms with Crippen LogP contribution in [-0.4, -0.2) is 16.7 Å². The molecule has 0 radical (unpaired) electrons. The second-order valence-corrected chi connectivity index (χ2v) is 6.83. The molecular weight excluding hydrogens is 394 g/mol. The standard InChI is InChI=1S/C24H21N3O4/c1-17(19-8-4-2-5-9-19)25-24(29)22(26-23(28)20-10-6-3-7-11-20)16-18-12-14-21(15-13-18)27(30)31/h2-17H,1H3,(H,25,29)(H,26,28). The van der Waals surface area contributed by atoms with Gasteiger partial charge in [0.05, 0.1) is 11.0 Å². The zero-order valence-corrected chi connectivity index (χ0v) is 16.8. The number of nitro benzene ring substituents is 1. The molecule has 0 saturated heterocycles. The van der Waals surface area contributed by atoms with Crippen molar-refractivity contribution >= 4 is 23.6 Å². The Morgan fingerprint density at radius 2 is 1.48 bits per heavy atom. The van der Waals surface area contributed by atoms with E-state index in [0.29, 0.717) is 11.1 Å². The van der Waals surface area contributed by atoms with Crippen molar-refractivity contribution in [3.8, 4) is 0 Å². The van der Waals surface area contributed by atoms with Gasteiger partial charge in [-0.15, -0.1) is 0 Å². The lowest BCUT2D eigenvalue weighted by molar-refractivity contribution is -0.384. The van der Waals surface area contributed by atoms with E-state index < -0.39 is 16.7 Å². The Morgan fingerprint density at radius 3 is 2.06 bits per heavy atom. The fraction of sp³-hybridized carbons (Fsp3) is 0.0833. The van der Waals surface area contributed by atoms with Gasteiger partial charge in [-0.05, 0) is 48.4 Å². The molecule has 0 aliphatic carbocycles. The Hall–Kier alpha value is -4.26. The predicted molar refractivity (Wildman–Crippen MR) is 118 cm³/mol. The van der Waals surface area contributed by atoms with Crippen LogP contribution < -0.4 is 10.6 Å². The fourth-order valence-electron chi connectivity index (χ4n) is 2.90. The SMILES string of the molecule is CC(NC(=O)C(=Cc1ccc([N+](=O)[O-])cc1)NC(=O)c1ccccc1)c1ccccc1. The Balaban J connectivity index is 1.86. The summed E-state index contributed by atoms with van der Waals surface area (Å²) in [5.41, 5.74) is 1.83. The van der Waals surface area contributed by atoms with E-state index in [9.17, 15) is 19.7 Å². The van der Waals surface area contributed by atoms with Crippen LogP contribution in [0.15, 0.2) is 90.6 Å². The molecule has 0 aromatic heterocycles. The maximum atomic E-state index is 13.0. The van der Waals surface area contributed by atoms with Gasteiger partial charge >= 0.3 is 0 Å². The minimum Gasteiger partial charge on any atom is -0.344 e. The quantitative estimate of drug-likeness (QED) is 0.342. The molecule has 3 aromatic carbocycles. The smallest absolute Gasteiger partial charge is 0.269 e. The summed E-state index contributed by atoms with van der Waals surface area (Å²) in [5, 5.41) is 16.4. The molecule has 7 nitrogen and oxygen atoms in total. The minimum absolute atomic E-state index is 0.0329. The summed E-state index contributed by atoms with van der Waals surface area (Å²) in [4.78, 5) is 36.0. The Morgan fingerprint density at radius 1 is 0.903 bits per heavy atom. The van der Waals surface area contributed by atoms with Gasteiger partial charge < -0.3 is 10.6 Å². The first-order valence-corrected chi connectivity index (χ1v) is 9.62. The number of hydrogen-bond acceptors (Lipinski definition) is 4. The van der Waals surface area contributed by atoms with Crippen LogP contribution in [0.3, 0.4) is 0 Å². The van der Waals surface area contributed by atoms with E-state index in [1.807, 2.05) is 37.3 Å². The number of benzene rings is 3. The molecular formula is C24H21N3O4. The van der Waals surface area contributed by atoms with Gasteiger partial charge in [0.2, 0.25) is 0 Å². The van der Waals surface area contributed by atoms with E-state index in [0.717, 1.165) is 5.56 Å².